The smallest absolute Gasteiger partial charge is 0.241 e. The Balaban J connectivity index is 1.94. The molecule has 0 saturated heterocycles. The van der Waals surface area contributed by atoms with Crippen LogP contribution in [0.5, 0.6) is 0 Å². The Labute approximate surface area is 137 Å². The Morgan fingerprint density at radius 1 is 1.04 bits per heavy atom. The molecule has 2 aromatic carbocycles. The summed E-state index contributed by atoms with van der Waals surface area (Å²) in [5.74, 6) is -0.287. The molecule has 1 N–H and O–H groups in total. The third-order valence-corrected chi connectivity index (χ3v) is 4.85. The summed E-state index contributed by atoms with van der Waals surface area (Å²) < 4.78 is 26.6. The number of nitrogens with zero attached hydrogens (tertiary/aromatic N) is 1. The van der Waals surface area contributed by atoms with Crippen molar-refractivity contribution in [3.8, 4) is 0 Å². The molecule has 5 nitrogen and oxygen atoms in total. The van der Waals surface area contributed by atoms with Gasteiger partial charge in [-0.25, -0.2) is 13.1 Å². The standard InChI is InChI=1S/C17H20N2O3S/c1-14-8-10-16(11-9-14)23(21,22)18-12-17(20)19(2)13-15-6-4-3-5-7-15/h3-11,18H,12-13H2,1-2H3. The van der Waals surface area contributed by atoms with Gasteiger partial charge in [-0.2, -0.15) is 0 Å². The van der Waals surface area contributed by atoms with E-state index < -0.39 is 10.0 Å². The average molecular weight is 332 g/mol. The van der Waals surface area contributed by atoms with Crippen molar-refractivity contribution in [1.29, 1.82) is 0 Å². The first-order valence-electron chi connectivity index (χ1n) is 7.23. The molecule has 23 heavy (non-hydrogen) atoms. The van der Waals surface area contributed by atoms with Crippen LogP contribution in [-0.4, -0.2) is 32.8 Å². The summed E-state index contributed by atoms with van der Waals surface area (Å²) in [4.78, 5) is 13.7. The number of sulfonamides is 1. The predicted octanol–water partition coefficient (Wildman–Crippen LogP) is 1.93. The molecular formula is C17H20N2O3S. The van der Waals surface area contributed by atoms with Crippen LogP contribution in [0.15, 0.2) is 59.5 Å². The molecule has 0 radical (unpaired) electrons. The summed E-state index contributed by atoms with van der Waals surface area (Å²) in [7, 11) is -2.03. The second kappa shape index (κ2) is 7.39. The van der Waals surface area contributed by atoms with E-state index in [9.17, 15) is 13.2 Å². The summed E-state index contributed by atoms with van der Waals surface area (Å²) in [6.07, 6.45) is 0. The molecule has 6 heteroatoms. The van der Waals surface area contributed by atoms with Gasteiger partial charge in [0.05, 0.1) is 11.4 Å². The summed E-state index contributed by atoms with van der Waals surface area (Å²) >= 11 is 0. The number of hydrogen-bond donors (Lipinski definition) is 1. The van der Waals surface area contributed by atoms with Gasteiger partial charge in [0.2, 0.25) is 15.9 Å². The van der Waals surface area contributed by atoms with E-state index in [2.05, 4.69) is 4.72 Å². The maximum Gasteiger partial charge on any atom is 0.241 e. The van der Waals surface area contributed by atoms with Crippen LogP contribution >= 0.6 is 0 Å². The number of benzene rings is 2. The van der Waals surface area contributed by atoms with Crippen molar-refractivity contribution in [1.82, 2.24) is 9.62 Å². The summed E-state index contributed by atoms with van der Waals surface area (Å²) in [6.45, 7) is 2.05. The van der Waals surface area contributed by atoms with Gasteiger partial charge in [0, 0.05) is 13.6 Å². The Morgan fingerprint density at radius 3 is 2.26 bits per heavy atom. The van der Waals surface area contributed by atoms with Crippen molar-refractivity contribution >= 4 is 15.9 Å². The van der Waals surface area contributed by atoms with Crippen LogP contribution in [-0.2, 0) is 21.4 Å². The van der Waals surface area contributed by atoms with Crippen molar-refractivity contribution in [3.63, 3.8) is 0 Å². The molecule has 2 aromatic rings. The number of rotatable bonds is 6. The zero-order valence-electron chi connectivity index (χ0n) is 13.2. The molecule has 2 rings (SSSR count). The van der Waals surface area contributed by atoms with E-state index in [0.29, 0.717) is 6.54 Å². The molecule has 1 amide bonds. The molecule has 0 aromatic heterocycles. The van der Waals surface area contributed by atoms with Crippen LogP contribution in [0.3, 0.4) is 0 Å². The molecule has 0 atom stereocenters. The largest absolute Gasteiger partial charge is 0.340 e. The van der Waals surface area contributed by atoms with Gasteiger partial charge in [-0.3, -0.25) is 4.79 Å². The lowest BCUT2D eigenvalue weighted by atomic mass is 10.2. The fourth-order valence-electron chi connectivity index (χ4n) is 2.04. The number of likely N-dealkylation sites (N-methyl/N-ethyl adjacent to an activating group) is 1. The highest BCUT2D eigenvalue weighted by Crippen LogP contribution is 2.09. The molecule has 0 fully saturated rings. The lowest BCUT2D eigenvalue weighted by Crippen LogP contribution is -2.37. The summed E-state index contributed by atoms with van der Waals surface area (Å²) in [5.41, 5.74) is 1.97. The molecule has 122 valence electrons. The Kier molecular flexibility index (Phi) is 5.52. The molecule has 0 aliphatic rings. The van der Waals surface area contributed by atoms with E-state index in [1.54, 1.807) is 19.2 Å². The summed E-state index contributed by atoms with van der Waals surface area (Å²) in [5, 5.41) is 0. The molecule has 0 bridgehead atoms. The monoisotopic (exact) mass is 332 g/mol. The highest BCUT2D eigenvalue weighted by molar-refractivity contribution is 7.89. The Morgan fingerprint density at radius 2 is 1.65 bits per heavy atom. The number of amides is 1. The highest BCUT2D eigenvalue weighted by Gasteiger charge is 2.17. The van der Waals surface area contributed by atoms with E-state index in [1.807, 2.05) is 37.3 Å². The minimum atomic E-state index is -3.68. The highest BCUT2D eigenvalue weighted by atomic mass is 32.2. The van der Waals surface area contributed by atoms with Crippen molar-refractivity contribution in [3.05, 3.63) is 65.7 Å². The predicted molar refractivity (Wildman–Crippen MR) is 89.3 cm³/mol. The van der Waals surface area contributed by atoms with E-state index in [0.717, 1.165) is 11.1 Å². The van der Waals surface area contributed by atoms with Gasteiger partial charge in [-0.1, -0.05) is 48.0 Å². The summed E-state index contributed by atoms with van der Waals surface area (Å²) in [6, 6.07) is 16.0. The van der Waals surface area contributed by atoms with Crippen molar-refractivity contribution in [2.45, 2.75) is 18.4 Å². The maximum atomic E-state index is 12.1. The topological polar surface area (TPSA) is 66.5 Å². The van der Waals surface area contributed by atoms with Crippen molar-refractivity contribution in [2.75, 3.05) is 13.6 Å². The average Bonchev–Trinajstić information content (AvgIpc) is 2.54. The van der Waals surface area contributed by atoms with Crippen LogP contribution in [0.2, 0.25) is 0 Å². The first-order valence-corrected chi connectivity index (χ1v) is 8.71. The van der Waals surface area contributed by atoms with E-state index in [-0.39, 0.29) is 17.3 Å². The fourth-order valence-corrected chi connectivity index (χ4v) is 3.01. The van der Waals surface area contributed by atoms with Gasteiger partial charge in [-0.05, 0) is 24.6 Å². The SMILES string of the molecule is Cc1ccc(S(=O)(=O)NCC(=O)N(C)Cc2ccccc2)cc1. The minimum absolute atomic E-state index is 0.154. The lowest BCUT2D eigenvalue weighted by Gasteiger charge is -2.17. The Bertz CT molecular complexity index is 756. The molecule has 0 spiro atoms. The number of carbonyl (C=O) groups is 1. The molecular weight excluding hydrogens is 312 g/mol. The van der Waals surface area contributed by atoms with E-state index in [4.69, 9.17) is 0 Å². The van der Waals surface area contributed by atoms with Crippen molar-refractivity contribution < 1.29 is 13.2 Å². The lowest BCUT2D eigenvalue weighted by molar-refractivity contribution is -0.129. The maximum absolute atomic E-state index is 12.1. The minimum Gasteiger partial charge on any atom is -0.340 e. The van der Waals surface area contributed by atoms with Crippen LogP contribution in [0.1, 0.15) is 11.1 Å². The number of aryl methyl sites for hydroxylation is 1. The van der Waals surface area contributed by atoms with Crippen LogP contribution < -0.4 is 4.72 Å². The molecule has 0 saturated carbocycles. The second-order valence-electron chi connectivity index (χ2n) is 5.37. The zero-order valence-corrected chi connectivity index (χ0v) is 14.0. The first kappa shape index (κ1) is 17.2. The molecule has 0 aliphatic carbocycles. The van der Waals surface area contributed by atoms with Crippen molar-refractivity contribution in [2.24, 2.45) is 0 Å². The van der Waals surface area contributed by atoms with Gasteiger partial charge < -0.3 is 4.90 Å². The number of nitrogens with one attached hydrogen (secondary N) is 1. The zero-order chi connectivity index (χ0) is 16.9. The third-order valence-electron chi connectivity index (χ3n) is 3.43. The fraction of sp³-hybridized carbons (Fsp3) is 0.235. The van der Waals surface area contributed by atoms with Gasteiger partial charge in [0.25, 0.3) is 0 Å². The molecule has 0 aliphatic heterocycles. The van der Waals surface area contributed by atoms with Crippen LogP contribution in [0.25, 0.3) is 0 Å². The molecule has 0 heterocycles. The number of carbonyl (C=O) groups excluding carboxylic acids is 1. The Hall–Kier alpha value is -2.18. The quantitative estimate of drug-likeness (QED) is 0.879. The van der Waals surface area contributed by atoms with Gasteiger partial charge in [-0.15, -0.1) is 0 Å². The van der Waals surface area contributed by atoms with Crippen LogP contribution in [0.4, 0.5) is 0 Å². The second-order valence-corrected chi connectivity index (χ2v) is 7.14. The van der Waals surface area contributed by atoms with Gasteiger partial charge >= 0.3 is 0 Å². The van der Waals surface area contributed by atoms with Crippen LogP contribution in [0, 0.1) is 6.92 Å². The van der Waals surface area contributed by atoms with E-state index >= 15 is 0 Å². The van der Waals surface area contributed by atoms with Gasteiger partial charge in [0.1, 0.15) is 0 Å². The first-order chi connectivity index (χ1) is 10.9. The third kappa shape index (κ3) is 4.91. The van der Waals surface area contributed by atoms with E-state index in [1.165, 1.54) is 17.0 Å². The van der Waals surface area contributed by atoms with Gasteiger partial charge in [0.15, 0.2) is 0 Å². The normalized spacial score (nSPS) is 11.2. The number of hydrogen-bond acceptors (Lipinski definition) is 3. The molecule has 0 unspecified atom stereocenters.